The number of nitriles is 1. The van der Waals surface area contributed by atoms with Gasteiger partial charge in [-0.2, -0.15) is 5.26 Å². The molecule has 3 heteroatoms. The SMILES string of the molecule is CCCC(C)COc1ccc(C#N)c(N)c1. The smallest absolute Gasteiger partial charge is 0.121 e. The summed E-state index contributed by atoms with van der Waals surface area (Å²) < 4.78 is 5.61. The summed E-state index contributed by atoms with van der Waals surface area (Å²) in [6, 6.07) is 7.21. The maximum absolute atomic E-state index is 8.73. The molecule has 0 fully saturated rings. The lowest BCUT2D eigenvalue weighted by molar-refractivity contribution is 0.251. The standard InChI is InChI=1S/C13H18N2O/c1-3-4-10(2)9-16-12-6-5-11(8-14)13(15)7-12/h5-7,10H,3-4,9,15H2,1-2H3. The summed E-state index contributed by atoms with van der Waals surface area (Å²) in [5.41, 5.74) is 6.66. The predicted octanol–water partition coefficient (Wildman–Crippen LogP) is 2.96. The Morgan fingerprint density at radius 3 is 2.81 bits per heavy atom. The molecule has 0 radical (unpaired) electrons. The number of hydrogen-bond acceptors (Lipinski definition) is 3. The average Bonchev–Trinajstić information content (AvgIpc) is 2.27. The number of nitrogen functional groups attached to an aromatic ring is 1. The van der Waals surface area contributed by atoms with Gasteiger partial charge in [-0.25, -0.2) is 0 Å². The molecular formula is C13H18N2O. The van der Waals surface area contributed by atoms with Gasteiger partial charge in [0.1, 0.15) is 11.8 Å². The van der Waals surface area contributed by atoms with Crippen molar-refractivity contribution in [2.45, 2.75) is 26.7 Å². The molecule has 1 atom stereocenters. The fraction of sp³-hybridized carbons (Fsp3) is 0.462. The number of nitrogens with zero attached hydrogens (tertiary/aromatic N) is 1. The summed E-state index contributed by atoms with van der Waals surface area (Å²) >= 11 is 0. The maximum atomic E-state index is 8.73. The minimum Gasteiger partial charge on any atom is -0.493 e. The fourth-order valence-electron chi connectivity index (χ4n) is 1.55. The fourth-order valence-corrected chi connectivity index (χ4v) is 1.55. The average molecular weight is 218 g/mol. The van der Waals surface area contributed by atoms with Crippen LogP contribution in [0, 0.1) is 17.2 Å². The summed E-state index contributed by atoms with van der Waals surface area (Å²) in [4.78, 5) is 0. The van der Waals surface area contributed by atoms with E-state index in [1.165, 1.54) is 6.42 Å². The monoisotopic (exact) mass is 218 g/mol. The first-order valence-electron chi connectivity index (χ1n) is 5.59. The van der Waals surface area contributed by atoms with Crippen LogP contribution in [0.1, 0.15) is 32.3 Å². The molecule has 1 rings (SSSR count). The lowest BCUT2D eigenvalue weighted by atomic mass is 10.1. The highest BCUT2D eigenvalue weighted by Gasteiger charge is 2.04. The molecule has 3 nitrogen and oxygen atoms in total. The maximum Gasteiger partial charge on any atom is 0.121 e. The van der Waals surface area contributed by atoms with E-state index in [0.717, 1.165) is 12.2 Å². The van der Waals surface area contributed by atoms with Gasteiger partial charge in [-0.3, -0.25) is 0 Å². The van der Waals surface area contributed by atoms with Crippen LogP contribution in [-0.2, 0) is 0 Å². The first-order chi connectivity index (χ1) is 7.67. The van der Waals surface area contributed by atoms with E-state index in [2.05, 4.69) is 13.8 Å². The number of rotatable bonds is 5. The molecule has 2 N–H and O–H groups in total. The quantitative estimate of drug-likeness (QED) is 0.773. The minimum absolute atomic E-state index is 0.475. The van der Waals surface area contributed by atoms with Crippen LogP contribution in [0.15, 0.2) is 18.2 Å². The Kier molecular flexibility index (Phi) is 4.65. The zero-order chi connectivity index (χ0) is 12.0. The van der Waals surface area contributed by atoms with Gasteiger partial charge in [0, 0.05) is 6.07 Å². The Labute approximate surface area is 96.8 Å². The number of hydrogen-bond donors (Lipinski definition) is 1. The third kappa shape index (κ3) is 3.47. The Hall–Kier alpha value is -1.69. The topological polar surface area (TPSA) is 59.0 Å². The van der Waals surface area contributed by atoms with Gasteiger partial charge in [0.15, 0.2) is 0 Å². The van der Waals surface area contributed by atoms with Crippen molar-refractivity contribution in [2.24, 2.45) is 5.92 Å². The largest absolute Gasteiger partial charge is 0.493 e. The summed E-state index contributed by atoms with van der Waals surface area (Å²) in [6.45, 7) is 5.02. The normalized spacial score (nSPS) is 11.8. The highest BCUT2D eigenvalue weighted by atomic mass is 16.5. The van der Waals surface area contributed by atoms with Crippen LogP contribution in [-0.4, -0.2) is 6.61 Å². The molecule has 0 amide bonds. The second-order valence-electron chi connectivity index (χ2n) is 4.07. The van der Waals surface area contributed by atoms with Gasteiger partial charge in [-0.05, 0) is 24.5 Å². The summed E-state index contributed by atoms with van der Waals surface area (Å²) in [5, 5.41) is 8.73. The number of nitrogens with two attached hydrogens (primary N) is 1. The van der Waals surface area contributed by atoms with Crippen LogP contribution < -0.4 is 10.5 Å². The van der Waals surface area contributed by atoms with Crippen molar-refractivity contribution in [1.29, 1.82) is 5.26 Å². The molecule has 1 unspecified atom stereocenters. The van der Waals surface area contributed by atoms with Crippen molar-refractivity contribution in [3.8, 4) is 11.8 Å². The van der Waals surface area contributed by atoms with Gasteiger partial charge in [0.05, 0.1) is 17.9 Å². The third-order valence-electron chi connectivity index (χ3n) is 2.46. The second-order valence-corrected chi connectivity index (χ2v) is 4.07. The van der Waals surface area contributed by atoms with E-state index in [1.807, 2.05) is 6.07 Å². The van der Waals surface area contributed by atoms with Crippen LogP contribution in [0.3, 0.4) is 0 Å². The summed E-state index contributed by atoms with van der Waals surface area (Å²) in [6.07, 6.45) is 2.33. The second kappa shape index (κ2) is 6.02. The van der Waals surface area contributed by atoms with Gasteiger partial charge >= 0.3 is 0 Å². The Balaban J connectivity index is 2.56. The molecule has 0 heterocycles. The summed E-state index contributed by atoms with van der Waals surface area (Å²) in [7, 11) is 0. The van der Waals surface area contributed by atoms with Crippen molar-refractivity contribution in [2.75, 3.05) is 12.3 Å². The highest BCUT2D eigenvalue weighted by Crippen LogP contribution is 2.20. The molecule has 1 aromatic carbocycles. The third-order valence-corrected chi connectivity index (χ3v) is 2.46. The van der Waals surface area contributed by atoms with Gasteiger partial charge in [-0.15, -0.1) is 0 Å². The van der Waals surface area contributed by atoms with Gasteiger partial charge in [0.25, 0.3) is 0 Å². The predicted molar refractivity (Wildman–Crippen MR) is 65.1 cm³/mol. The Morgan fingerprint density at radius 2 is 2.25 bits per heavy atom. The van der Waals surface area contributed by atoms with E-state index in [4.69, 9.17) is 15.7 Å². The molecular weight excluding hydrogens is 200 g/mol. The van der Waals surface area contributed by atoms with E-state index in [1.54, 1.807) is 18.2 Å². The highest BCUT2D eigenvalue weighted by molar-refractivity contribution is 5.56. The number of ether oxygens (including phenoxy) is 1. The molecule has 0 spiro atoms. The van der Waals surface area contributed by atoms with Crippen LogP contribution in [0.4, 0.5) is 5.69 Å². The van der Waals surface area contributed by atoms with E-state index in [9.17, 15) is 0 Å². The molecule has 0 saturated carbocycles. The van der Waals surface area contributed by atoms with Gasteiger partial charge < -0.3 is 10.5 Å². The van der Waals surface area contributed by atoms with Crippen molar-refractivity contribution < 1.29 is 4.74 Å². The Morgan fingerprint density at radius 1 is 1.50 bits per heavy atom. The first-order valence-corrected chi connectivity index (χ1v) is 5.59. The van der Waals surface area contributed by atoms with Crippen LogP contribution in [0.25, 0.3) is 0 Å². The molecule has 1 aromatic rings. The van der Waals surface area contributed by atoms with Crippen molar-refractivity contribution >= 4 is 5.69 Å². The first kappa shape index (κ1) is 12.4. The van der Waals surface area contributed by atoms with E-state index >= 15 is 0 Å². The Bertz CT molecular complexity index is 382. The molecule has 0 aliphatic carbocycles. The van der Waals surface area contributed by atoms with E-state index in [0.29, 0.717) is 23.8 Å². The zero-order valence-corrected chi connectivity index (χ0v) is 9.86. The molecule has 0 aliphatic rings. The lowest BCUT2D eigenvalue weighted by Crippen LogP contribution is -2.08. The van der Waals surface area contributed by atoms with E-state index in [-0.39, 0.29) is 0 Å². The summed E-state index contributed by atoms with van der Waals surface area (Å²) in [5.74, 6) is 1.28. The molecule has 86 valence electrons. The molecule has 16 heavy (non-hydrogen) atoms. The molecule has 0 bridgehead atoms. The number of anilines is 1. The molecule has 0 aliphatic heterocycles. The lowest BCUT2D eigenvalue weighted by Gasteiger charge is -2.12. The number of benzene rings is 1. The van der Waals surface area contributed by atoms with Crippen molar-refractivity contribution in [3.05, 3.63) is 23.8 Å². The minimum atomic E-state index is 0.475. The van der Waals surface area contributed by atoms with Crippen LogP contribution in [0.5, 0.6) is 5.75 Å². The van der Waals surface area contributed by atoms with Crippen LogP contribution >= 0.6 is 0 Å². The molecule has 0 saturated heterocycles. The van der Waals surface area contributed by atoms with Gasteiger partial charge in [-0.1, -0.05) is 20.3 Å². The van der Waals surface area contributed by atoms with Crippen molar-refractivity contribution in [3.63, 3.8) is 0 Å². The van der Waals surface area contributed by atoms with E-state index < -0.39 is 0 Å². The van der Waals surface area contributed by atoms with Gasteiger partial charge in [0.2, 0.25) is 0 Å². The zero-order valence-electron chi connectivity index (χ0n) is 9.86. The van der Waals surface area contributed by atoms with Crippen LogP contribution in [0.2, 0.25) is 0 Å². The van der Waals surface area contributed by atoms with Crippen molar-refractivity contribution in [1.82, 2.24) is 0 Å². The molecule has 0 aromatic heterocycles.